The summed E-state index contributed by atoms with van der Waals surface area (Å²) in [6.07, 6.45) is 5.93. The van der Waals surface area contributed by atoms with E-state index < -0.39 is 11.6 Å². The predicted octanol–water partition coefficient (Wildman–Crippen LogP) is 3.09. The Balaban J connectivity index is 2.19. The smallest absolute Gasteiger partial charge is 0.257 e. The molecule has 0 unspecified atom stereocenters. The summed E-state index contributed by atoms with van der Waals surface area (Å²) >= 11 is 0. The first-order valence-corrected chi connectivity index (χ1v) is 7.59. The lowest BCUT2D eigenvalue weighted by atomic mass is 9.93. The largest absolute Gasteiger partial charge is 0.336 e. The van der Waals surface area contributed by atoms with Gasteiger partial charge in [-0.1, -0.05) is 19.3 Å². The first kappa shape index (κ1) is 15.9. The van der Waals surface area contributed by atoms with Gasteiger partial charge in [0.05, 0.1) is 5.56 Å². The van der Waals surface area contributed by atoms with Crippen LogP contribution in [0.3, 0.4) is 0 Å². The van der Waals surface area contributed by atoms with Crippen molar-refractivity contribution in [2.75, 3.05) is 13.1 Å². The number of carbonyl (C=O) groups is 1. The maximum Gasteiger partial charge on any atom is 0.257 e. The quantitative estimate of drug-likeness (QED) is 0.907. The van der Waals surface area contributed by atoms with Gasteiger partial charge < -0.3 is 10.6 Å². The Morgan fingerprint density at radius 3 is 2.57 bits per heavy atom. The second-order valence-electron chi connectivity index (χ2n) is 5.56. The van der Waals surface area contributed by atoms with E-state index >= 15 is 0 Å². The van der Waals surface area contributed by atoms with Crippen molar-refractivity contribution in [1.82, 2.24) is 4.90 Å². The second kappa shape index (κ2) is 7.50. The van der Waals surface area contributed by atoms with Crippen molar-refractivity contribution in [3.8, 4) is 0 Å². The summed E-state index contributed by atoms with van der Waals surface area (Å²) in [5.41, 5.74) is 5.48. The Bertz CT molecular complexity index is 487. The number of hydrogen-bond donors (Lipinski definition) is 1. The molecule has 1 fully saturated rings. The van der Waals surface area contributed by atoms with Crippen molar-refractivity contribution < 1.29 is 13.6 Å². The van der Waals surface area contributed by atoms with E-state index in [1.165, 1.54) is 12.5 Å². The number of carbonyl (C=O) groups excluding carboxylic acids is 1. The summed E-state index contributed by atoms with van der Waals surface area (Å²) < 4.78 is 26.8. The third-order valence-corrected chi connectivity index (χ3v) is 4.04. The summed E-state index contributed by atoms with van der Waals surface area (Å²) in [5, 5.41) is 0. The molecule has 0 radical (unpaired) electrons. The molecular weight excluding hydrogens is 274 g/mol. The third kappa shape index (κ3) is 4.00. The Morgan fingerprint density at radius 2 is 1.95 bits per heavy atom. The number of nitrogens with zero attached hydrogens (tertiary/aromatic N) is 1. The van der Waals surface area contributed by atoms with E-state index in [-0.39, 0.29) is 17.5 Å². The molecule has 1 aromatic carbocycles. The summed E-state index contributed by atoms with van der Waals surface area (Å²) in [6.45, 7) is 1.01. The van der Waals surface area contributed by atoms with Crippen LogP contribution in [0.5, 0.6) is 0 Å². The zero-order valence-electron chi connectivity index (χ0n) is 12.2. The van der Waals surface area contributed by atoms with Crippen molar-refractivity contribution in [2.45, 2.75) is 44.6 Å². The van der Waals surface area contributed by atoms with Crippen LogP contribution in [0.15, 0.2) is 18.2 Å². The number of amides is 1. The molecule has 0 aliphatic heterocycles. The molecule has 0 spiro atoms. The van der Waals surface area contributed by atoms with Crippen molar-refractivity contribution >= 4 is 5.91 Å². The highest BCUT2D eigenvalue weighted by Gasteiger charge is 2.27. The maximum absolute atomic E-state index is 13.8. The van der Waals surface area contributed by atoms with Gasteiger partial charge >= 0.3 is 0 Å². The van der Waals surface area contributed by atoms with Crippen LogP contribution in [-0.2, 0) is 0 Å². The van der Waals surface area contributed by atoms with Gasteiger partial charge in [0.25, 0.3) is 5.91 Å². The van der Waals surface area contributed by atoms with Crippen molar-refractivity contribution in [1.29, 1.82) is 0 Å². The van der Waals surface area contributed by atoms with E-state index in [0.717, 1.165) is 37.8 Å². The fourth-order valence-electron chi connectivity index (χ4n) is 2.92. The number of hydrogen-bond acceptors (Lipinski definition) is 2. The summed E-state index contributed by atoms with van der Waals surface area (Å²) in [7, 11) is 0. The van der Waals surface area contributed by atoms with Crippen molar-refractivity contribution in [2.24, 2.45) is 5.73 Å². The van der Waals surface area contributed by atoms with E-state index in [1.54, 1.807) is 4.90 Å². The second-order valence-corrected chi connectivity index (χ2v) is 5.56. The van der Waals surface area contributed by atoms with Gasteiger partial charge in [0.15, 0.2) is 0 Å². The van der Waals surface area contributed by atoms with E-state index in [4.69, 9.17) is 5.73 Å². The van der Waals surface area contributed by atoms with Crippen LogP contribution in [0.4, 0.5) is 8.78 Å². The molecule has 2 rings (SSSR count). The molecule has 1 amide bonds. The lowest BCUT2D eigenvalue weighted by Gasteiger charge is -2.34. The maximum atomic E-state index is 13.8. The van der Waals surface area contributed by atoms with Gasteiger partial charge in [-0.3, -0.25) is 4.79 Å². The fraction of sp³-hybridized carbons (Fsp3) is 0.562. The molecule has 0 heterocycles. The summed E-state index contributed by atoms with van der Waals surface area (Å²) in [6, 6.07) is 3.25. The molecular formula is C16H22F2N2O. The topological polar surface area (TPSA) is 46.3 Å². The van der Waals surface area contributed by atoms with Crippen molar-refractivity contribution in [3.05, 3.63) is 35.4 Å². The van der Waals surface area contributed by atoms with Crippen LogP contribution in [0.2, 0.25) is 0 Å². The fourth-order valence-corrected chi connectivity index (χ4v) is 2.92. The SMILES string of the molecule is NCCCN(C(=O)c1ccc(F)cc1F)C1CCCCC1. The third-order valence-electron chi connectivity index (χ3n) is 4.04. The van der Waals surface area contributed by atoms with Crippen LogP contribution in [0, 0.1) is 11.6 Å². The first-order chi connectivity index (χ1) is 10.1. The summed E-state index contributed by atoms with van der Waals surface area (Å²) in [5.74, 6) is -1.82. The molecule has 5 heteroatoms. The normalized spacial score (nSPS) is 16.0. The molecule has 0 saturated heterocycles. The molecule has 3 nitrogen and oxygen atoms in total. The first-order valence-electron chi connectivity index (χ1n) is 7.59. The summed E-state index contributed by atoms with van der Waals surface area (Å²) in [4.78, 5) is 14.3. The lowest BCUT2D eigenvalue weighted by Crippen LogP contribution is -2.43. The molecule has 1 aliphatic rings. The average molecular weight is 296 g/mol. The zero-order valence-corrected chi connectivity index (χ0v) is 12.2. The molecule has 0 bridgehead atoms. The number of rotatable bonds is 5. The van der Waals surface area contributed by atoms with Crippen LogP contribution < -0.4 is 5.73 Å². The Morgan fingerprint density at radius 1 is 1.24 bits per heavy atom. The van der Waals surface area contributed by atoms with Gasteiger partial charge in [-0.2, -0.15) is 0 Å². The standard InChI is InChI=1S/C16H22F2N2O/c17-12-7-8-14(15(18)11-12)16(21)20(10-4-9-19)13-5-2-1-3-6-13/h7-8,11,13H,1-6,9-10,19H2. The van der Waals surface area contributed by atoms with Gasteiger partial charge in [-0.25, -0.2) is 8.78 Å². The molecule has 2 N–H and O–H groups in total. The van der Waals surface area contributed by atoms with Gasteiger partial charge in [0.2, 0.25) is 0 Å². The van der Waals surface area contributed by atoms with Crippen LogP contribution in [0.25, 0.3) is 0 Å². The molecule has 21 heavy (non-hydrogen) atoms. The predicted molar refractivity (Wildman–Crippen MR) is 77.9 cm³/mol. The number of nitrogens with two attached hydrogens (primary N) is 1. The van der Waals surface area contributed by atoms with Crippen LogP contribution >= 0.6 is 0 Å². The minimum Gasteiger partial charge on any atom is -0.336 e. The minimum atomic E-state index is -0.798. The molecule has 0 atom stereocenters. The van der Waals surface area contributed by atoms with Gasteiger partial charge in [-0.05, 0) is 37.9 Å². The minimum absolute atomic E-state index is 0.0565. The van der Waals surface area contributed by atoms with E-state index in [9.17, 15) is 13.6 Å². The van der Waals surface area contributed by atoms with E-state index in [0.29, 0.717) is 19.5 Å². The number of benzene rings is 1. The average Bonchev–Trinajstić information content (AvgIpc) is 2.48. The highest BCUT2D eigenvalue weighted by molar-refractivity contribution is 5.94. The van der Waals surface area contributed by atoms with Gasteiger partial charge in [0, 0.05) is 18.7 Å². The van der Waals surface area contributed by atoms with E-state index in [2.05, 4.69) is 0 Å². The molecule has 1 aliphatic carbocycles. The van der Waals surface area contributed by atoms with E-state index in [1.807, 2.05) is 0 Å². The monoisotopic (exact) mass is 296 g/mol. The molecule has 1 saturated carbocycles. The lowest BCUT2D eigenvalue weighted by molar-refractivity contribution is 0.0628. The van der Waals surface area contributed by atoms with Gasteiger partial charge in [0.1, 0.15) is 11.6 Å². The number of halogens is 2. The molecule has 1 aromatic rings. The van der Waals surface area contributed by atoms with Crippen LogP contribution in [-0.4, -0.2) is 29.9 Å². The molecule has 0 aromatic heterocycles. The highest BCUT2D eigenvalue weighted by atomic mass is 19.1. The zero-order chi connectivity index (χ0) is 15.2. The highest BCUT2D eigenvalue weighted by Crippen LogP contribution is 2.25. The van der Waals surface area contributed by atoms with Crippen LogP contribution in [0.1, 0.15) is 48.9 Å². The Labute approximate surface area is 124 Å². The Kier molecular flexibility index (Phi) is 5.67. The molecule has 116 valence electrons. The van der Waals surface area contributed by atoms with Crippen molar-refractivity contribution in [3.63, 3.8) is 0 Å². The Hall–Kier alpha value is -1.49. The van der Waals surface area contributed by atoms with Gasteiger partial charge in [-0.15, -0.1) is 0 Å².